The number of carbonyl (C=O) groups is 1. The van der Waals surface area contributed by atoms with Crippen LogP contribution in [0.25, 0.3) is 0 Å². The van der Waals surface area contributed by atoms with Crippen molar-refractivity contribution in [1.29, 1.82) is 0 Å². The van der Waals surface area contributed by atoms with Crippen LogP contribution in [-0.4, -0.2) is 23.5 Å². The molecule has 20 heavy (non-hydrogen) atoms. The van der Waals surface area contributed by atoms with Crippen LogP contribution in [-0.2, 0) is 4.79 Å². The Morgan fingerprint density at radius 3 is 2.60 bits per heavy atom. The number of nitrogens with zero attached hydrogens (tertiary/aromatic N) is 1. The van der Waals surface area contributed by atoms with Crippen LogP contribution in [0.2, 0.25) is 0 Å². The van der Waals surface area contributed by atoms with E-state index in [0.717, 1.165) is 6.42 Å². The van der Waals surface area contributed by atoms with Crippen molar-refractivity contribution in [3.8, 4) is 0 Å². The average molecular weight is 277 g/mol. The minimum absolute atomic E-state index is 0.0406. The molecule has 2 atom stereocenters. The highest BCUT2D eigenvalue weighted by molar-refractivity contribution is 6.01. The van der Waals surface area contributed by atoms with Crippen LogP contribution < -0.4 is 11.1 Å². The fraction of sp³-hybridized carbons (Fsp3) is 0.467. The van der Waals surface area contributed by atoms with Gasteiger partial charge in [0.05, 0.1) is 5.92 Å². The van der Waals surface area contributed by atoms with E-state index < -0.39 is 5.92 Å². The minimum atomic E-state index is -0.563. The number of nitrogens with two attached hydrogens (primary N) is 1. The molecule has 0 aliphatic heterocycles. The van der Waals surface area contributed by atoms with Gasteiger partial charge in [-0.1, -0.05) is 49.3 Å². The largest absolute Gasteiger partial charge is 0.409 e. The van der Waals surface area contributed by atoms with Gasteiger partial charge in [-0.3, -0.25) is 4.79 Å². The number of nitrogens with one attached hydrogen (secondary N) is 1. The molecule has 0 aliphatic rings. The molecule has 5 nitrogen and oxygen atoms in total. The topological polar surface area (TPSA) is 87.7 Å². The maximum Gasteiger partial charge on any atom is 0.230 e. The maximum absolute atomic E-state index is 11.9. The molecule has 0 aromatic heterocycles. The highest BCUT2D eigenvalue weighted by atomic mass is 16.4. The Kier molecular flexibility index (Phi) is 6.56. The van der Waals surface area contributed by atoms with E-state index in [1.165, 1.54) is 5.56 Å². The van der Waals surface area contributed by atoms with Crippen molar-refractivity contribution >= 4 is 11.7 Å². The van der Waals surface area contributed by atoms with Gasteiger partial charge in [0.25, 0.3) is 0 Å². The van der Waals surface area contributed by atoms with Crippen LogP contribution in [0.5, 0.6) is 0 Å². The van der Waals surface area contributed by atoms with E-state index in [2.05, 4.69) is 29.5 Å². The predicted molar refractivity (Wildman–Crippen MR) is 79.7 cm³/mol. The first kappa shape index (κ1) is 16.0. The second kappa shape index (κ2) is 8.19. The van der Waals surface area contributed by atoms with E-state index in [1.54, 1.807) is 0 Å². The van der Waals surface area contributed by atoms with Gasteiger partial charge in [-0.15, -0.1) is 0 Å². The molecule has 0 radical (unpaired) electrons. The highest BCUT2D eigenvalue weighted by Crippen LogP contribution is 2.17. The quantitative estimate of drug-likeness (QED) is 0.308. The van der Waals surface area contributed by atoms with Gasteiger partial charge in [0.2, 0.25) is 5.91 Å². The van der Waals surface area contributed by atoms with Crippen molar-refractivity contribution in [1.82, 2.24) is 5.32 Å². The zero-order valence-electron chi connectivity index (χ0n) is 12.0. The third kappa shape index (κ3) is 4.57. The Hall–Kier alpha value is -2.04. The highest BCUT2D eigenvalue weighted by Gasteiger charge is 2.20. The van der Waals surface area contributed by atoms with Crippen LogP contribution in [0, 0.1) is 5.92 Å². The predicted octanol–water partition coefficient (Wildman–Crippen LogP) is 2.07. The van der Waals surface area contributed by atoms with E-state index in [0.29, 0.717) is 18.9 Å². The molecule has 0 bridgehead atoms. The summed E-state index contributed by atoms with van der Waals surface area (Å²) in [5.74, 6) is -0.420. The third-order valence-electron chi connectivity index (χ3n) is 3.44. The first-order chi connectivity index (χ1) is 9.60. The molecule has 1 amide bonds. The second-order valence-corrected chi connectivity index (χ2v) is 4.88. The van der Waals surface area contributed by atoms with Crippen LogP contribution in [0.3, 0.4) is 0 Å². The van der Waals surface area contributed by atoms with E-state index in [-0.39, 0.29) is 11.7 Å². The summed E-state index contributed by atoms with van der Waals surface area (Å²) in [6.45, 7) is 4.53. The normalized spacial score (nSPS) is 14.6. The average Bonchev–Trinajstić information content (AvgIpc) is 2.48. The molecule has 4 N–H and O–H groups in total. The SMILES string of the molecule is CCC(C(=O)NCCC(C)c1ccccc1)C(N)=NO. The number of amides is 1. The summed E-state index contributed by atoms with van der Waals surface area (Å²) in [5.41, 5.74) is 6.75. The lowest BCUT2D eigenvalue weighted by Crippen LogP contribution is -2.39. The smallest absolute Gasteiger partial charge is 0.230 e. The Morgan fingerprint density at radius 2 is 2.05 bits per heavy atom. The van der Waals surface area contributed by atoms with Crippen LogP contribution in [0.4, 0.5) is 0 Å². The molecule has 0 aliphatic carbocycles. The lowest BCUT2D eigenvalue weighted by Gasteiger charge is -2.15. The summed E-state index contributed by atoms with van der Waals surface area (Å²) in [5, 5.41) is 14.4. The standard InChI is InChI=1S/C15H23N3O2/c1-3-13(14(16)18-20)15(19)17-10-9-11(2)12-7-5-4-6-8-12/h4-8,11,13,20H,3,9-10H2,1-2H3,(H2,16,18)(H,17,19). The summed E-state index contributed by atoms with van der Waals surface area (Å²) in [7, 11) is 0. The van der Waals surface area contributed by atoms with Crippen molar-refractivity contribution in [3.63, 3.8) is 0 Å². The Morgan fingerprint density at radius 1 is 1.40 bits per heavy atom. The minimum Gasteiger partial charge on any atom is -0.409 e. The van der Waals surface area contributed by atoms with Crippen molar-refractivity contribution in [2.45, 2.75) is 32.6 Å². The summed E-state index contributed by atoms with van der Waals surface area (Å²) in [6.07, 6.45) is 1.36. The monoisotopic (exact) mass is 277 g/mol. The molecule has 0 spiro atoms. The molecule has 0 heterocycles. The van der Waals surface area contributed by atoms with Gasteiger partial charge in [-0.25, -0.2) is 0 Å². The van der Waals surface area contributed by atoms with Gasteiger partial charge in [0, 0.05) is 6.54 Å². The summed E-state index contributed by atoms with van der Waals surface area (Å²) in [6, 6.07) is 10.2. The Bertz CT molecular complexity index is 446. The zero-order chi connectivity index (χ0) is 15.0. The molecule has 1 rings (SSSR count). The fourth-order valence-corrected chi connectivity index (χ4v) is 2.08. The molecule has 110 valence electrons. The summed E-state index contributed by atoms with van der Waals surface area (Å²) in [4.78, 5) is 11.9. The Balaban J connectivity index is 2.42. The lowest BCUT2D eigenvalue weighted by molar-refractivity contribution is -0.123. The van der Waals surface area contributed by atoms with Crippen molar-refractivity contribution < 1.29 is 10.0 Å². The number of benzene rings is 1. The number of amidine groups is 1. The van der Waals surface area contributed by atoms with Gasteiger partial charge in [-0.05, 0) is 24.3 Å². The molecule has 2 unspecified atom stereocenters. The van der Waals surface area contributed by atoms with Crippen LogP contribution in [0.15, 0.2) is 35.5 Å². The lowest BCUT2D eigenvalue weighted by atomic mass is 9.97. The molecule has 1 aromatic carbocycles. The number of hydrogen-bond donors (Lipinski definition) is 3. The van der Waals surface area contributed by atoms with Crippen LogP contribution in [0.1, 0.15) is 38.2 Å². The number of rotatable bonds is 7. The van der Waals surface area contributed by atoms with E-state index in [1.807, 2.05) is 25.1 Å². The Labute approximate surface area is 119 Å². The first-order valence-electron chi connectivity index (χ1n) is 6.90. The van der Waals surface area contributed by atoms with Gasteiger partial charge in [0.15, 0.2) is 5.84 Å². The summed E-state index contributed by atoms with van der Waals surface area (Å²) < 4.78 is 0. The summed E-state index contributed by atoms with van der Waals surface area (Å²) >= 11 is 0. The molecular formula is C15H23N3O2. The van der Waals surface area contributed by atoms with Gasteiger partial charge >= 0.3 is 0 Å². The maximum atomic E-state index is 11.9. The number of carbonyl (C=O) groups excluding carboxylic acids is 1. The van der Waals surface area contributed by atoms with Crippen molar-refractivity contribution in [2.24, 2.45) is 16.8 Å². The number of oxime groups is 1. The van der Waals surface area contributed by atoms with Gasteiger partial charge < -0.3 is 16.3 Å². The molecule has 0 saturated carbocycles. The third-order valence-corrected chi connectivity index (χ3v) is 3.44. The first-order valence-corrected chi connectivity index (χ1v) is 6.90. The molecular weight excluding hydrogens is 254 g/mol. The molecule has 0 fully saturated rings. The zero-order valence-corrected chi connectivity index (χ0v) is 12.0. The van der Waals surface area contributed by atoms with Crippen molar-refractivity contribution in [2.75, 3.05) is 6.54 Å². The molecule has 0 saturated heterocycles. The molecule has 1 aromatic rings. The van der Waals surface area contributed by atoms with Gasteiger partial charge in [-0.2, -0.15) is 0 Å². The fourth-order valence-electron chi connectivity index (χ4n) is 2.08. The van der Waals surface area contributed by atoms with Gasteiger partial charge in [0.1, 0.15) is 0 Å². The van der Waals surface area contributed by atoms with Crippen molar-refractivity contribution in [3.05, 3.63) is 35.9 Å². The number of hydrogen-bond acceptors (Lipinski definition) is 3. The second-order valence-electron chi connectivity index (χ2n) is 4.88. The van der Waals surface area contributed by atoms with Crippen LogP contribution >= 0.6 is 0 Å². The van der Waals surface area contributed by atoms with E-state index in [9.17, 15) is 4.79 Å². The van der Waals surface area contributed by atoms with E-state index in [4.69, 9.17) is 10.9 Å². The molecule has 5 heteroatoms. The van der Waals surface area contributed by atoms with E-state index >= 15 is 0 Å².